The lowest BCUT2D eigenvalue weighted by molar-refractivity contribution is 0.372. The highest BCUT2D eigenvalue weighted by Gasteiger charge is 2.24. The fourth-order valence-corrected chi connectivity index (χ4v) is 3.78. The van der Waals surface area contributed by atoms with Gasteiger partial charge in [0.2, 0.25) is 0 Å². The van der Waals surface area contributed by atoms with E-state index in [4.69, 9.17) is 15.6 Å². The first kappa shape index (κ1) is 19.4. The molecule has 2 aromatic carbocycles. The normalized spacial score (nSPS) is 16.6. The molecule has 1 atom stereocenters. The first-order valence-electron chi connectivity index (χ1n) is 10.0. The quantitative estimate of drug-likeness (QED) is 0.536. The third-order valence-electron chi connectivity index (χ3n) is 5.34. The number of benzene rings is 2. The summed E-state index contributed by atoms with van der Waals surface area (Å²) in [4.78, 5) is 10.3. The minimum atomic E-state index is -0.634. The second kappa shape index (κ2) is 7.92. The van der Waals surface area contributed by atoms with Gasteiger partial charge in [-0.25, -0.2) is 18.7 Å². The van der Waals surface area contributed by atoms with Crippen molar-refractivity contribution in [2.45, 2.75) is 25.4 Å². The molecule has 0 saturated carbocycles. The van der Waals surface area contributed by atoms with Crippen LogP contribution < -0.4 is 15.5 Å². The second-order valence-corrected chi connectivity index (χ2v) is 7.43. The fourth-order valence-electron chi connectivity index (χ4n) is 3.78. The molecule has 9 heteroatoms. The summed E-state index contributed by atoms with van der Waals surface area (Å²) in [6, 6.07) is 10.1. The van der Waals surface area contributed by atoms with Crippen LogP contribution in [0.15, 0.2) is 55.0 Å². The fraction of sp³-hybridized carbons (Fsp3) is 0.227. The monoisotopic (exact) mass is 422 g/mol. The van der Waals surface area contributed by atoms with Gasteiger partial charge in [-0.3, -0.25) is 5.01 Å². The topological polar surface area (TPSA) is 82.1 Å². The summed E-state index contributed by atoms with van der Waals surface area (Å²) in [6.45, 7) is 0.799. The Labute approximate surface area is 177 Å². The van der Waals surface area contributed by atoms with Crippen LogP contribution in [0.2, 0.25) is 0 Å². The van der Waals surface area contributed by atoms with Gasteiger partial charge >= 0.3 is 0 Å². The number of hydrogen-bond donors (Lipinski definition) is 1. The van der Waals surface area contributed by atoms with Crippen molar-refractivity contribution in [3.63, 3.8) is 0 Å². The zero-order chi connectivity index (χ0) is 21.4. The number of fused-ring (bicyclic) bond motifs is 1. The Morgan fingerprint density at radius 3 is 2.71 bits per heavy atom. The maximum absolute atomic E-state index is 13.9. The molecule has 2 aromatic heterocycles. The molecular weight excluding hydrogens is 402 g/mol. The van der Waals surface area contributed by atoms with Crippen LogP contribution in [0.4, 0.5) is 8.78 Å². The maximum Gasteiger partial charge on any atom is 0.184 e. The lowest BCUT2D eigenvalue weighted by atomic mass is 10.1. The standard InChI is InChI=1S/C22H20F2N6O/c23-15-6-9-18(24)19(11-15)31-16-7-4-14(5-8-16)21-17-12-26-13-27-22(17)30(28-21)29-10-2-1-3-20(29)25/h4-9,11-13,20H,1-3,10,25H2. The van der Waals surface area contributed by atoms with Crippen molar-refractivity contribution < 1.29 is 13.5 Å². The molecule has 0 bridgehead atoms. The molecule has 7 nitrogen and oxygen atoms in total. The van der Waals surface area contributed by atoms with E-state index in [9.17, 15) is 8.78 Å². The van der Waals surface area contributed by atoms with Crippen molar-refractivity contribution in [2.75, 3.05) is 11.6 Å². The average Bonchev–Trinajstić information content (AvgIpc) is 3.17. The number of rotatable bonds is 4. The van der Waals surface area contributed by atoms with Crippen molar-refractivity contribution in [1.82, 2.24) is 19.9 Å². The number of halogens is 2. The van der Waals surface area contributed by atoms with E-state index in [1.54, 1.807) is 23.1 Å². The molecular formula is C22H20F2N6O. The van der Waals surface area contributed by atoms with Gasteiger partial charge in [-0.15, -0.1) is 5.10 Å². The highest BCUT2D eigenvalue weighted by Crippen LogP contribution is 2.31. The molecule has 3 heterocycles. The van der Waals surface area contributed by atoms with E-state index in [2.05, 4.69) is 9.97 Å². The average molecular weight is 422 g/mol. The van der Waals surface area contributed by atoms with Crippen LogP contribution in [0.5, 0.6) is 11.5 Å². The molecule has 0 aliphatic carbocycles. The molecule has 1 saturated heterocycles. The lowest BCUT2D eigenvalue weighted by Gasteiger charge is -2.34. The Balaban J connectivity index is 1.49. The molecule has 0 amide bonds. The van der Waals surface area contributed by atoms with Gasteiger partial charge in [-0.1, -0.05) is 0 Å². The van der Waals surface area contributed by atoms with Crippen molar-refractivity contribution >= 4 is 11.0 Å². The van der Waals surface area contributed by atoms with Crippen molar-refractivity contribution in [2.24, 2.45) is 5.73 Å². The zero-order valence-electron chi connectivity index (χ0n) is 16.6. The molecule has 2 N–H and O–H groups in total. The van der Waals surface area contributed by atoms with E-state index in [1.807, 2.05) is 17.1 Å². The van der Waals surface area contributed by atoms with Crippen molar-refractivity contribution in [3.8, 4) is 22.8 Å². The van der Waals surface area contributed by atoms with Crippen LogP contribution in [-0.4, -0.2) is 32.6 Å². The van der Waals surface area contributed by atoms with Crippen LogP contribution in [0.1, 0.15) is 19.3 Å². The summed E-state index contributed by atoms with van der Waals surface area (Å²) in [5.41, 5.74) is 8.52. The van der Waals surface area contributed by atoms with Crippen LogP contribution >= 0.6 is 0 Å². The van der Waals surface area contributed by atoms with Crippen LogP contribution in [-0.2, 0) is 0 Å². The van der Waals surface area contributed by atoms with Crippen LogP contribution in [0.25, 0.3) is 22.3 Å². The van der Waals surface area contributed by atoms with Gasteiger partial charge in [0, 0.05) is 24.4 Å². The Hall–Kier alpha value is -3.59. The highest BCUT2D eigenvalue weighted by atomic mass is 19.1. The summed E-state index contributed by atoms with van der Waals surface area (Å²) in [5.74, 6) is -0.993. The predicted octanol–water partition coefficient (Wildman–Crippen LogP) is 3.97. The number of nitrogens with two attached hydrogens (primary N) is 1. The number of hydrogen-bond acceptors (Lipinski definition) is 6. The van der Waals surface area contributed by atoms with Crippen molar-refractivity contribution in [1.29, 1.82) is 0 Å². The lowest BCUT2D eigenvalue weighted by Crippen LogP contribution is -2.52. The minimum absolute atomic E-state index is 0.128. The second-order valence-electron chi connectivity index (χ2n) is 7.43. The van der Waals surface area contributed by atoms with Gasteiger partial charge in [0.25, 0.3) is 0 Å². The number of aromatic nitrogens is 4. The first-order valence-corrected chi connectivity index (χ1v) is 10.0. The zero-order valence-corrected chi connectivity index (χ0v) is 16.6. The molecule has 1 aliphatic rings. The Bertz CT molecular complexity index is 1230. The smallest absolute Gasteiger partial charge is 0.184 e. The summed E-state index contributed by atoms with van der Waals surface area (Å²) in [5, 5.41) is 7.60. The molecule has 0 radical (unpaired) electrons. The Morgan fingerprint density at radius 1 is 1.06 bits per heavy atom. The van der Waals surface area contributed by atoms with Gasteiger partial charge in [0.1, 0.15) is 23.6 Å². The Morgan fingerprint density at radius 2 is 1.90 bits per heavy atom. The van der Waals surface area contributed by atoms with Crippen LogP contribution in [0, 0.1) is 11.6 Å². The summed E-state index contributed by atoms with van der Waals surface area (Å²) < 4.78 is 32.7. The first-order chi connectivity index (χ1) is 15.1. The third-order valence-corrected chi connectivity index (χ3v) is 5.34. The maximum atomic E-state index is 13.9. The third kappa shape index (κ3) is 3.68. The molecule has 0 spiro atoms. The molecule has 1 aliphatic heterocycles. The van der Waals surface area contributed by atoms with Gasteiger partial charge in [-0.2, -0.15) is 4.79 Å². The van der Waals surface area contributed by atoms with E-state index in [0.29, 0.717) is 17.1 Å². The van der Waals surface area contributed by atoms with Crippen molar-refractivity contribution in [3.05, 3.63) is 66.6 Å². The molecule has 4 aromatic rings. The van der Waals surface area contributed by atoms with Gasteiger partial charge in [-0.05, 0) is 55.7 Å². The number of ether oxygens (including phenoxy) is 1. The largest absolute Gasteiger partial charge is 0.454 e. The molecule has 5 rings (SSSR count). The van der Waals surface area contributed by atoms with E-state index in [0.717, 1.165) is 55.0 Å². The van der Waals surface area contributed by atoms with E-state index in [-0.39, 0.29) is 11.9 Å². The molecule has 158 valence electrons. The molecule has 1 unspecified atom stereocenters. The van der Waals surface area contributed by atoms with E-state index in [1.165, 1.54) is 6.33 Å². The summed E-state index contributed by atoms with van der Waals surface area (Å²) in [7, 11) is 0. The highest BCUT2D eigenvalue weighted by molar-refractivity contribution is 5.90. The van der Waals surface area contributed by atoms with Gasteiger partial charge < -0.3 is 10.5 Å². The molecule has 1 fully saturated rings. The van der Waals surface area contributed by atoms with Gasteiger partial charge in [0.15, 0.2) is 17.2 Å². The van der Waals surface area contributed by atoms with Crippen LogP contribution in [0.3, 0.4) is 0 Å². The summed E-state index contributed by atoms with van der Waals surface area (Å²) >= 11 is 0. The number of nitrogens with zero attached hydrogens (tertiary/aromatic N) is 5. The van der Waals surface area contributed by atoms with Gasteiger partial charge in [0.05, 0.1) is 11.6 Å². The Kier molecular flexibility index (Phi) is 4.95. The molecule has 31 heavy (non-hydrogen) atoms. The predicted molar refractivity (Wildman–Crippen MR) is 112 cm³/mol. The SMILES string of the molecule is NC1CCCCN1n1nc(-c2ccc(Oc3cc(F)ccc3F)cc2)c2cncnc21. The van der Waals surface area contributed by atoms with E-state index >= 15 is 0 Å². The number of piperidine rings is 1. The van der Waals surface area contributed by atoms with E-state index < -0.39 is 11.6 Å². The minimum Gasteiger partial charge on any atom is -0.454 e. The summed E-state index contributed by atoms with van der Waals surface area (Å²) in [6.07, 6.45) is 6.11.